The fourth-order valence-electron chi connectivity index (χ4n) is 2.96. The molecule has 0 spiro atoms. The van der Waals surface area contributed by atoms with E-state index in [1.165, 1.54) is 12.1 Å². The van der Waals surface area contributed by atoms with Crippen molar-refractivity contribution in [2.75, 3.05) is 6.54 Å². The number of hydrogen-bond donors (Lipinski definition) is 3. The van der Waals surface area contributed by atoms with E-state index in [9.17, 15) is 14.0 Å². The van der Waals surface area contributed by atoms with Gasteiger partial charge in [0, 0.05) is 0 Å². The van der Waals surface area contributed by atoms with Crippen LogP contribution in [0, 0.1) is 5.82 Å². The van der Waals surface area contributed by atoms with Crippen LogP contribution in [0.3, 0.4) is 0 Å². The molecule has 2 aromatic carbocycles. The maximum Gasteiger partial charge on any atom is 0.239 e. The first-order chi connectivity index (χ1) is 14.0. The largest absolute Gasteiger partial charge is 0.347 e. The Bertz CT molecular complexity index is 972. The summed E-state index contributed by atoms with van der Waals surface area (Å²) < 4.78 is 13.2. The van der Waals surface area contributed by atoms with Crippen molar-refractivity contribution in [2.24, 2.45) is 0 Å². The third kappa shape index (κ3) is 5.75. The van der Waals surface area contributed by atoms with E-state index in [4.69, 9.17) is 0 Å². The van der Waals surface area contributed by atoms with Gasteiger partial charge in [-0.1, -0.05) is 49.4 Å². The van der Waals surface area contributed by atoms with Crippen molar-refractivity contribution < 1.29 is 14.0 Å². The van der Waals surface area contributed by atoms with Crippen molar-refractivity contribution in [3.05, 3.63) is 78.0 Å². The zero-order valence-electron chi connectivity index (χ0n) is 16.1. The number of nitrogens with one attached hydrogen (secondary N) is 3. The lowest BCUT2D eigenvalue weighted by molar-refractivity contribution is -0.126. The zero-order valence-corrected chi connectivity index (χ0v) is 16.1. The summed E-state index contributed by atoms with van der Waals surface area (Å²) in [5, 5.41) is 5.43. The number of imidazole rings is 1. The van der Waals surface area contributed by atoms with Crippen molar-refractivity contribution in [1.82, 2.24) is 20.6 Å². The minimum absolute atomic E-state index is 0.0147. The lowest BCUT2D eigenvalue weighted by Crippen LogP contribution is -2.39. The molecule has 6 nitrogen and oxygen atoms in total. The number of H-pyrrole nitrogens is 1. The number of carbonyl (C=O) groups excluding carboxylic acids is 2. The van der Waals surface area contributed by atoms with Gasteiger partial charge in [0.15, 0.2) is 0 Å². The molecule has 0 fully saturated rings. The first-order valence-corrected chi connectivity index (χ1v) is 9.46. The van der Waals surface area contributed by atoms with E-state index in [1.54, 1.807) is 18.3 Å². The Morgan fingerprint density at radius 2 is 1.90 bits per heavy atom. The number of amides is 2. The molecule has 0 aliphatic carbocycles. The average molecular weight is 394 g/mol. The molecule has 150 valence electrons. The number of aromatic amines is 1. The highest BCUT2D eigenvalue weighted by molar-refractivity contribution is 5.85. The Kier molecular flexibility index (Phi) is 6.73. The standard InChI is InChI=1S/C22H23FN4O2/c1-2-18(22-25-13-19(27-22)16-8-4-3-5-9-16)26-21(29)14-24-20(28)12-15-7-6-10-17(23)11-15/h3-11,13,18H,2,12,14H2,1H3,(H,24,28)(H,25,27)(H,26,29). The number of aromatic nitrogens is 2. The van der Waals surface area contributed by atoms with E-state index in [0.717, 1.165) is 11.3 Å². The smallest absolute Gasteiger partial charge is 0.239 e. The van der Waals surface area contributed by atoms with Crippen LogP contribution in [0.5, 0.6) is 0 Å². The summed E-state index contributed by atoms with van der Waals surface area (Å²) in [6.45, 7) is 1.79. The summed E-state index contributed by atoms with van der Waals surface area (Å²) in [5.41, 5.74) is 2.44. The molecule has 0 saturated heterocycles. The van der Waals surface area contributed by atoms with Gasteiger partial charge in [-0.15, -0.1) is 0 Å². The summed E-state index contributed by atoms with van der Waals surface area (Å²) in [5.74, 6) is -0.400. The Morgan fingerprint density at radius 1 is 1.10 bits per heavy atom. The van der Waals surface area contributed by atoms with Crippen molar-refractivity contribution in [2.45, 2.75) is 25.8 Å². The maximum atomic E-state index is 13.2. The maximum absolute atomic E-state index is 13.2. The van der Waals surface area contributed by atoms with Gasteiger partial charge >= 0.3 is 0 Å². The highest BCUT2D eigenvalue weighted by Gasteiger charge is 2.17. The van der Waals surface area contributed by atoms with Crippen molar-refractivity contribution in [3.63, 3.8) is 0 Å². The van der Waals surface area contributed by atoms with Gasteiger partial charge in [0.2, 0.25) is 11.8 Å². The van der Waals surface area contributed by atoms with E-state index < -0.39 is 5.82 Å². The van der Waals surface area contributed by atoms with Crippen LogP contribution in [0.4, 0.5) is 4.39 Å². The SMILES string of the molecule is CCC(NC(=O)CNC(=O)Cc1cccc(F)c1)c1ncc(-c2ccccc2)[nH]1. The van der Waals surface area contributed by atoms with Gasteiger partial charge in [-0.05, 0) is 29.7 Å². The van der Waals surface area contributed by atoms with Gasteiger partial charge in [0.05, 0.1) is 30.9 Å². The fraction of sp³-hybridized carbons (Fsp3) is 0.227. The van der Waals surface area contributed by atoms with Crippen LogP contribution in [0.25, 0.3) is 11.3 Å². The number of halogens is 1. The molecular weight excluding hydrogens is 371 g/mol. The molecule has 0 aliphatic rings. The lowest BCUT2D eigenvalue weighted by Gasteiger charge is -2.15. The molecule has 1 unspecified atom stereocenters. The predicted octanol–water partition coefficient (Wildman–Crippen LogP) is 3.14. The van der Waals surface area contributed by atoms with E-state index in [0.29, 0.717) is 17.8 Å². The van der Waals surface area contributed by atoms with Gasteiger partial charge < -0.3 is 15.6 Å². The molecule has 3 N–H and O–H groups in total. The van der Waals surface area contributed by atoms with Crippen LogP contribution in [-0.2, 0) is 16.0 Å². The van der Waals surface area contributed by atoms with Crippen molar-refractivity contribution in [3.8, 4) is 11.3 Å². The van der Waals surface area contributed by atoms with Crippen LogP contribution in [0.15, 0.2) is 60.8 Å². The molecule has 7 heteroatoms. The fourth-order valence-corrected chi connectivity index (χ4v) is 2.96. The highest BCUT2D eigenvalue weighted by atomic mass is 19.1. The molecule has 1 aromatic heterocycles. The number of carbonyl (C=O) groups is 2. The molecule has 3 rings (SSSR count). The minimum Gasteiger partial charge on any atom is -0.347 e. The quantitative estimate of drug-likeness (QED) is 0.549. The summed E-state index contributed by atoms with van der Waals surface area (Å²) >= 11 is 0. The molecule has 3 aromatic rings. The Hall–Kier alpha value is -3.48. The van der Waals surface area contributed by atoms with Gasteiger partial charge in [-0.3, -0.25) is 9.59 Å². The van der Waals surface area contributed by atoms with Crippen molar-refractivity contribution in [1.29, 1.82) is 0 Å². The van der Waals surface area contributed by atoms with Crippen molar-refractivity contribution >= 4 is 11.8 Å². The lowest BCUT2D eigenvalue weighted by atomic mass is 10.1. The van der Waals surface area contributed by atoms with Crippen LogP contribution < -0.4 is 10.6 Å². The monoisotopic (exact) mass is 394 g/mol. The molecule has 1 atom stereocenters. The van der Waals surface area contributed by atoms with Gasteiger partial charge in [-0.25, -0.2) is 9.37 Å². The second-order valence-electron chi connectivity index (χ2n) is 6.66. The highest BCUT2D eigenvalue weighted by Crippen LogP contribution is 2.20. The van der Waals surface area contributed by atoms with Crippen LogP contribution in [0.1, 0.15) is 30.8 Å². The van der Waals surface area contributed by atoms with Crippen LogP contribution in [0.2, 0.25) is 0 Å². The summed E-state index contributed by atoms with van der Waals surface area (Å²) in [6.07, 6.45) is 2.39. The third-order valence-corrected chi connectivity index (χ3v) is 4.45. The normalized spacial score (nSPS) is 11.7. The topological polar surface area (TPSA) is 86.9 Å². The number of benzene rings is 2. The van der Waals surface area contributed by atoms with Gasteiger partial charge in [-0.2, -0.15) is 0 Å². The van der Waals surface area contributed by atoms with Crippen LogP contribution in [-0.4, -0.2) is 28.3 Å². The molecule has 0 aliphatic heterocycles. The molecule has 1 heterocycles. The Labute approximate surface area is 168 Å². The summed E-state index contributed by atoms with van der Waals surface area (Å²) in [4.78, 5) is 31.9. The molecule has 0 saturated carbocycles. The van der Waals surface area contributed by atoms with E-state index in [2.05, 4.69) is 20.6 Å². The number of hydrogen-bond acceptors (Lipinski definition) is 3. The predicted molar refractivity (Wildman–Crippen MR) is 108 cm³/mol. The Morgan fingerprint density at radius 3 is 2.62 bits per heavy atom. The molecule has 2 amide bonds. The summed E-state index contributed by atoms with van der Waals surface area (Å²) in [7, 11) is 0. The van der Waals surface area contributed by atoms with E-state index in [1.807, 2.05) is 37.3 Å². The third-order valence-electron chi connectivity index (χ3n) is 4.45. The van der Waals surface area contributed by atoms with Gasteiger partial charge in [0.1, 0.15) is 11.6 Å². The number of rotatable bonds is 8. The average Bonchev–Trinajstić information content (AvgIpc) is 3.21. The van der Waals surface area contributed by atoms with Crippen LogP contribution >= 0.6 is 0 Å². The molecule has 0 radical (unpaired) electrons. The zero-order chi connectivity index (χ0) is 20.6. The summed E-state index contributed by atoms with van der Waals surface area (Å²) in [6, 6.07) is 15.3. The van der Waals surface area contributed by atoms with Gasteiger partial charge in [0.25, 0.3) is 0 Å². The second kappa shape index (κ2) is 9.64. The Balaban J connectivity index is 1.52. The number of nitrogens with zero attached hydrogens (tertiary/aromatic N) is 1. The first-order valence-electron chi connectivity index (χ1n) is 9.46. The van der Waals surface area contributed by atoms with E-state index >= 15 is 0 Å². The van der Waals surface area contributed by atoms with E-state index in [-0.39, 0.29) is 30.8 Å². The molecule has 0 bridgehead atoms. The molecule has 29 heavy (non-hydrogen) atoms. The molecular formula is C22H23FN4O2. The first kappa shape index (κ1) is 20.3. The minimum atomic E-state index is -0.396. The second-order valence-corrected chi connectivity index (χ2v) is 6.66.